The Morgan fingerprint density at radius 2 is 2.00 bits per heavy atom. The van der Waals surface area contributed by atoms with Gasteiger partial charge in [0.25, 0.3) is 5.91 Å². The monoisotopic (exact) mass is 386 g/mol. The predicted molar refractivity (Wildman–Crippen MR) is 103 cm³/mol. The van der Waals surface area contributed by atoms with Crippen LogP contribution in [-0.4, -0.2) is 24.2 Å². The van der Waals surface area contributed by atoms with E-state index in [2.05, 4.69) is 15.8 Å². The number of methoxy groups -OCH3 is 1. The molecule has 4 saturated carbocycles. The minimum atomic E-state index is -0.187. The fraction of sp³-hybridized carbons (Fsp3) is 0.619. The van der Waals surface area contributed by atoms with Crippen LogP contribution < -0.4 is 4.80 Å². The number of hydrogen-bond acceptors (Lipinski definition) is 4. The third-order valence-electron chi connectivity index (χ3n) is 6.75. The van der Waals surface area contributed by atoms with Crippen molar-refractivity contribution in [2.24, 2.45) is 28.2 Å². The molecule has 2 aromatic heterocycles. The van der Waals surface area contributed by atoms with Crippen molar-refractivity contribution in [3.05, 3.63) is 29.6 Å². The Morgan fingerprint density at radius 1 is 1.30 bits per heavy atom. The maximum atomic E-state index is 13.4. The molecular weight excluding hydrogens is 360 g/mol. The smallest absolute Gasteiger partial charge is 0.254 e. The number of rotatable bonds is 5. The van der Waals surface area contributed by atoms with E-state index in [4.69, 9.17) is 9.15 Å². The maximum Gasteiger partial charge on any atom is 0.254 e. The summed E-state index contributed by atoms with van der Waals surface area (Å²) in [6, 6.07) is 1.94. The van der Waals surface area contributed by atoms with Gasteiger partial charge in [0.05, 0.1) is 29.4 Å². The van der Waals surface area contributed by atoms with Crippen LogP contribution in [-0.2, 0) is 16.1 Å². The van der Waals surface area contributed by atoms with Crippen molar-refractivity contribution >= 4 is 17.2 Å². The van der Waals surface area contributed by atoms with Gasteiger partial charge in [-0.1, -0.05) is 11.3 Å². The van der Waals surface area contributed by atoms with Gasteiger partial charge in [-0.25, -0.2) is 0 Å². The summed E-state index contributed by atoms with van der Waals surface area (Å²) in [4.78, 5) is 19.9. The van der Waals surface area contributed by atoms with E-state index in [-0.39, 0.29) is 11.3 Å². The van der Waals surface area contributed by atoms with Crippen LogP contribution in [0.3, 0.4) is 0 Å². The number of hydrogen-bond donors (Lipinski definition) is 0. The van der Waals surface area contributed by atoms with E-state index in [9.17, 15) is 4.79 Å². The SMILES string of the molecule is COCCn1cc(-c2ccoc2)sc1=NC(=O)C12CC3CC(CC(C3)C1)C2. The van der Waals surface area contributed by atoms with E-state index in [0.29, 0.717) is 13.2 Å². The standard InChI is InChI=1S/C21H26N2O3S/c1-25-5-3-23-12-18(17-2-4-26-13-17)27-20(23)22-19(24)21-9-14-6-15(10-21)8-16(7-14)11-21/h2,4,12-16H,3,5-11H2,1H3. The average Bonchev–Trinajstić information content (AvgIpc) is 3.28. The molecule has 5 nitrogen and oxygen atoms in total. The van der Waals surface area contributed by atoms with Crippen molar-refractivity contribution in [2.45, 2.75) is 45.1 Å². The zero-order valence-corrected chi connectivity index (χ0v) is 16.5. The Morgan fingerprint density at radius 3 is 2.59 bits per heavy atom. The number of carbonyl (C=O) groups excluding carboxylic acids is 1. The normalized spacial score (nSPS) is 32.3. The van der Waals surface area contributed by atoms with Gasteiger partial charge in [-0.15, -0.1) is 0 Å². The lowest BCUT2D eigenvalue weighted by atomic mass is 9.49. The quantitative estimate of drug-likeness (QED) is 0.777. The molecular formula is C21H26N2O3S. The van der Waals surface area contributed by atoms with Gasteiger partial charge in [0, 0.05) is 25.4 Å². The molecule has 4 bridgehead atoms. The summed E-state index contributed by atoms with van der Waals surface area (Å²) >= 11 is 1.56. The first kappa shape index (κ1) is 17.4. The Hall–Kier alpha value is -1.66. The van der Waals surface area contributed by atoms with E-state index in [0.717, 1.165) is 52.3 Å². The van der Waals surface area contributed by atoms with Crippen LogP contribution in [0.1, 0.15) is 38.5 Å². The fourth-order valence-electron chi connectivity index (χ4n) is 5.93. The summed E-state index contributed by atoms with van der Waals surface area (Å²) in [5.41, 5.74) is 0.836. The number of ether oxygens (including phenoxy) is 1. The van der Waals surface area contributed by atoms with Gasteiger partial charge in [-0.3, -0.25) is 4.79 Å². The number of furan rings is 1. The summed E-state index contributed by atoms with van der Waals surface area (Å²) < 4.78 is 12.5. The van der Waals surface area contributed by atoms with Crippen LogP contribution in [0.25, 0.3) is 10.4 Å². The van der Waals surface area contributed by atoms with E-state index >= 15 is 0 Å². The molecule has 0 atom stereocenters. The van der Waals surface area contributed by atoms with Gasteiger partial charge in [-0.05, 0) is 62.3 Å². The number of aromatic nitrogens is 1. The number of thiazole rings is 1. The molecule has 4 aliphatic rings. The number of amides is 1. The lowest BCUT2D eigenvalue weighted by molar-refractivity contribution is -0.142. The minimum Gasteiger partial charge on any atom is -0.472 e. The molecule has 0 saturated heterocycles. The number of nitrogens with zero attached hydrogens (tertiary/aromatic N) is 2. The fourth-order valence-corrected chi connectivity index (χ4v) is 6.93. The van der Waals surface area contributed by atoms with Gasteiger partial charge in [0.1, 0.15) is 0 Å². The van der Waals surface area contributed by atoms with Crippen LogP contribution >= 0.6 is 11.3 Å². The molecule has 0 spiro atoms. The molecule has 6 heteroatoms. The molecule has 4 fully saturated rings. The third kappa shape index (κ3) is 3.13. The van der Waals surface area contributed by atoms with Crippen LogP contribution in [0.15, 0.2) is 34.2 Å². The first-order valence-corrected chi connectivity index (χ1v) is 10.8. The second-order valence-corrected chi connectivity index (χ2v) is 9.70. The Balaban J connectivity index is 1.49. The van der Waals surface area contributed by atoms with Crippen LogP contribution in [0.2, 0.25) is 0 Å². The predicted octanol–water partition coefficient (Wildman–Crippen LogP) is 4.10. The topological polar surface area (TPSA) is 56.7 Å². The molecule has 2 aromatic rings. The van der Waals surface area contributed by atoms with Crippen molar-refractivity contribution < 1.29 is 13.9 Å². The summed E-state index contributed by atoms with van der Waals surface area (Å²) in [5.74, 6) is 2.37. The summed E-state index contributed by atoms with van der Waals surface area (Å²) in [6.45, 7) is 1.29. The van der Waals surface area contributed by atoms with E-state index in [1.807, 2.05) is 6.07 Å². The number of carbonyl (C=O) groups is 1. The van der Waals surface area contributed by atoms with Crippen molar-refractivity contribution in [3.63, 3.8) is 0 Å². The first-order valence-electron chi connectivity index (χ1n) is 9.96. The van der Waals surface area contributed by atoms with E-state index in [1.54, 1.807) is 31.0 Å². The highest BCUT2D eigenvalue weighted by molar-refractivity contribution is 7.12. The molecule has 1 amide bonds. The molecule has 0 aromatic carbocycles. The van der Waals surface area contributed by atoms with Crippen LogP contribution in [0.4, 0.5) is 0 Å². The molecule has 2 heterocycles. The van der Waals surface area contributed by atoms with Crippen molar-refractivity contribution in [1.29, 1.82) is 0 Å². The lowest BCUT2D eigenvalue weighted by Crippen LogP contribution is -2.49. The molecule has 0 N–H and O–H groups in total. The van der Waals surface area contributed by atoms with Gasteiger partial charge in [0.2, 0.25) is 0 Å². The second kappa shape index (κ2) is 6.74. The zero-order chi connectivity index (χ0) is 18.4. The summed E-state index contributed by atoms with van der Waals surface area (Å²) in [5, 5.41) is 0. The van der Waals surface area contributed by atoms with Crippen molar-refractivity contribution in [3.8, 4) is 10.4 Å². The van der Waals surface area contributed by atoms with Crippen LogP contribution in [0, 0.1) is 23.2 Å². The Labute approximate surface area is 163 Å². The lowest BCUT2D eigenvalue weighted by Gasteiger charge is -2.55. The highest BCUT2D eigenvalue weighted by Crippen LogP contribution is 2.60. The summed E-state index contributed by atoms with van der Waals surface area (Å²) in [7, 11) is 1.70. The van der Waals surface area contributed by atoms with Crippen molar-refractivity contribution in [1.82, 2.24) is 4.57 Å². The molecule has 27 heavy (non-hydrogen) atoms. The van der Waals surface area contributed by atoms with Crippen LogP contribution in [0.5, 0.6) is 0 Å². The summed E-state index contributed by atoms with van der Waals surface area (Å²) in [6.07, 6.45) is 12.6. The third-order valence-corrected chi connectivity index (χ3v) is 7.82. The largest absolute Gasteiger partial charge is 0.472 e. The average molecular weight is 387 g/mol. The van der Waals surface area contributed by atoms with Gasteiger partial charge in [-0.2, -0.15) is 4.99 Å². The highest BCUT2D eigenvalue weighted by atomic mass is 32.1. The molecule has 0 unspecified atom stereocenters. The molecule has 0 radical (unpaired) electrons. The van der Waals surface area contributed by atoms with E-state index < -0.39 is 0 Å². The molecule has 0 aliphatic heterocycles. The Kier molecular flexibility index (Phi) is 4.36. The van der Waals surface area contributed by atoms with Gasteiger partial charge >= 0.3 is 0 Å². The molecule has 4 aliphatic carbocycles. The Bertz CT molecular complexity index is 858. The zero-order valence-electron chi connectivity index (χ0n) is 15.7. The first-order chi connectivity index (χ1) is 13.1. The van der Waals surface area contributed by atoms with Gasteiger partial charge < -0.3 is 13.7 Å². The minimum absolute atomic E-state index is 0.119. The van der Waals surface area contributed by atoms with Gasteiger partial charge in [0.15, 0.2) is 4.80 Å². The molecule has 6 rings (SSSR count). The highest BCUT2D eigenvalue weighted by Gasteiger charge is 2.54. The molecule has 144 valence electrons. The second-order valence-electron chi connectivity index (χ2n) is 8.69. The maximum absolute atomic E-state index is 13.4. The van der Waals surface area contributed by atoms with E-state index in [1.165, 1.54) is 19.3 Å². The van der Waals surface area contributed by atoms with Crippen molar-refractivity contribution in [2.75, 3.05) is 13.7 Å².